The summed E-state index contributed by atoms with van der Waals surface area (Å²) in [5.41, 5.74) is 2.83. The number of hydroxylamine groups is 2. The summed E-state index contributed by atoms with van der Waals surface area (Å²) in [6, 6.07) is 25.1. The second-order valence-corrected chi connectivity index (χ2v) is 9.04. The topological polar surface area (TPSA) is 116 Å². The number of primary sulfonamides is 1. The monoisotopic (exact) mass is 477 g/mol. The molecule has 1 heterocycles. The molecule has 0 atom stereocenters. The van der Waals surface area contributed by atoms with E-state index in [9.17, 15) is 13.2 Å². The van der Waals surface area contributed by atoms with E-state index in [1.165, 1.54) is 17.2 Å². The lowest BCUT2D eigenvalue weighted by atomic mass is 10.1. The van der Waals surface area contributed by atoms with Crippen molar-refractivity contribution in [3.63, 3.8) is 0 Å². The molecule has 0 bridgehead atoms. The molecule has 0 aliphatic rings. The lowest BCUT2D eigenvalue weighted by Gasteiger charge is -2.15. The maximum Gasteiger partial charge on any atom is 0.238 e. The Morgan fingerprint density at radius 3 is 2.29 bits per heavy atom. The fourth-order valence-corrected chi connectivity index (χ4v) is 3.92. The Kier molecular flexibility index (Phi) is 7.17. The van der Waals surface area contributed by atoms with Crippen LogP contribution in [0.5, 0.6) is 0 Å². The van der Waals surface area contributed by atoms with Crippen LogP contribution in [-0.4, -0.2) is 31.4 Å². The van der Waals surface area contributed by atoms with Crippen molar-refractivity contribution in [2.24, 2.45) is 5.14 Å². The maximum atomic E-state index is 11.8. The van der Waals surface area contributed by atoms with Crippen LogP contribution in [0.2, 0.25) is 0 Å². The van der Waals surface area contributed by atoms with Crippen molar-refractivity contribution in [1.29, 1.82) is 0 Å². The fraction of sp³-hybridized carbons (Fsp3) is 0.120. The molecule has 2 N–H and O–H groups in total. The molecular formula is C25H23N3O5S. The first-order chi connectivity index (χ1) is 16.4. The van der Waals surface area contributed by atoms with Gasteiger partial charge in [0.25, 0.3) is 0 Å². The molecule has 0 saturated heterocycles. The number of carbonyl (C=O) groups excluding carboxylic acids is 1. The van der Waals surface area contributed by atoms with Crippen LogP contribution in [0.3, 0.4) is 0 Å². The molecule has 3 aromatic carbocycles. The molecule has 8 nitrogen and oxygen atoms in total. The number of hydrogen-bond donors (Lipinski definition) is 1. The van der Waals surface area contributed by atoms with Gasteiger partial charge < -0.3 is 4.42 Å². The molecule has 34 heavy (non-hydrogen) atoms. The first-order valence-electron chi connectivity index (χ1n) is 10.5. The molecule has 0 spiro atoms. The highest BCUT2D eigenvalue weighted by atomic mass is 32.2. The highest BCUT2D eigenvalue weighted by molar-refractivity contribution is 7.89. The number of carbonyl (C=O) groups is 1. The third-order valence-corrected chi connectivity index (χ3v) is 5.96. The van der Waals surface area contributed by atoms with Crippen LogP contribution in [0.25, 0.3) is 22.6 Å². The molecule has 0 saturated carbocycles. The number of rotatable bonds is 10. The van der Waals surface area contributed by atoms with E-state index in [1.54, 1.807) is 12.1 Å². The van der Waals surface area contributed by atoms with Crippen LogP contribution in [0.4, 0.5) is 0 Å². The molecule has 0 aliphatic carbocycles. The zero-order chi connectivity index (χ0) is 24.0. The van der Waals surface area contributed by atoms with E-state index in [2.05, 4.69) is 4.98 Å². The van der Waals surface area contributed by atoms with E-state index >= 15 is 0 Å². The smallest absolute Gasteiger partial charge is 0.238 e. The first-order valence-corrected chi connectivity index (χ1v) is 12.1. The van der Waals surface area contributed by atoms with Gasteiger partial charge in [-0.1, -0.05) is 72.8 Å². The summed E-state index contributed by atoms with van der Waals surface area (Å²) < 4.78 is 29.7. The zero-order valence-corrected chi connectivity index (χ0v) is 19.0. The second-order valence-electron chi connectivity index (χ2n) is 7.48. The molecule has 0 fully saturated rings. The van der Waals surface area contributed by atoms with Gasteiger partial charge in [-0.25, -0.2) is 23.6 Å². The van der Waals surface area contributed by atoms with Crippen molar-refractivity contribution in [3.8, 4) is 22.6 Å². The second kappa shape index (κ2) is 10.4. The number of hydrogen-bond acceptors (Lipinski definition) is 6. The van der Waals surface area contributed by atoms with Crippen LogP contribution in [-0.2, 0) is 32.7 Å². The highest BCUT2D eigenvalue weighted by Crippen LogP contribution is 2.33. The van der Waals surface area contributed by atoms with Crippen molar-refractivity contribution >= 4 is 16.4 Å². The van der Waals surface area contributed by atoms with E-state index in [4.69, 9.17) is 14.4 Å². The van der Waals surface area contributed by atoms with Crippen LogP contribution >= 0.6 is 0 Å². The van der Waals surface area contributed by atoms with Gasteiger partial charge in [-0.2, -0.15) is 0 Å². The average molecular weight is 478 g/mol. The number of sulfonamides is 1. The first kappa shape index (κ1) is 23.4. The molecule has 174 valence electrons. The Morgan fingerprint density at radius 1 is 0.941 bits per heavy atom. The van der Waals surface area contributed by atoms with Crippen molar-refractivity contribution in [2.75, 3.05) is 6.54 Å². The molecule has 0 aliphatic heterocycles. The van der Waals surface area contributed by atoms with Gasteiger partial charge in [-0.3, -0.25) is 9.63 Å². The minimum Gasteiger partial charge on any atom is -0.440 e. The number of nitrogens with zero attached hydrogens (tertiary/aromatic N) is 2. The Balaban J connectivity index is 1.58. The molecule has 4 aromatic rings. The van der Waals surface area contributed by atoms with Crippen LogP contribution in [0.1, 0.15) is 11.5 Å². The lowest BCUT2D eigenvalue weighted by Crippen LogP contribution is -2.24. The highest BCUT2D eigenvalue weighted by Gasteiger charge is 2.19. The van der Waals surface area contributed by atoms with Gasteiger partial charge >= 0.3 is 0 Å². The van der Waals surface area contributed by atoms with Gasteiger partial charge in [0.05, 0.1) is 11.4 Å². The third-order valence-electron chi connectivity index (χ3n) is 5.05. The van der Waals surface area contributed by atoms with Crippen molar-refractivity contribution in [2.45, 2.75) is 17.9 Å². The summed E-state index contributed by atoms with van der Waals surface area (Å²) in [5, 5.41) is 6.49. The van der Waals surface area contributed by atoms with Gasteiger partial charge in [0.15, 0.2) is 11.7 Å². The zero-order valence-electron chi connectivity index (χ0n) is 18.2. The van der Waals surface area contributed by atoms with E-state index in [0.29, 0.717) is 35.7 Å². The summed E-state index contributed by atoms with van der Waals surface area (Å²) in [5.74, 6) is 0.791. The van der Waals surface area contributed by atoms with E-state index in [-0.39, 0.29) is 18.0 Å². The Morgan fingerprint density at radius 2 is 1.62 bits per heavy atom. The Labute approximate surface area is 197 Å². The third kappa shape index (κ3) is 5.76. The Hall–Kier alpha value is -3.79. The average Bonchev–Trinajstić information content (AvgIpc) is 3.29. The molecule has 1 aromatic heterocycles. The number of nitrogens with two attached hydrogens (primary N) is 1. The van der Waals surface area contributed by atoms with Crippen LogP contribution in [0.15, 0.2) is 94.2 Å². The van der Waals surface area contributed by atoms with Crippen molar-refractivity contribution in [3.05, 3.63) is 96.4 Å². The Bertz CT molecular complexity index is 1360. The SMILES string of the molecule is NS(=O)(=O)c1cccc(-c2oc(CCN(C=O)OCc3ccccc3)nc2-c2ccccc2)c1. The number of benzene rings is 3. The number of amides is 1. The minimum atomic E-state index is -3.88. The molecule has 1 amide bonds. The summed E-state index contributed by atoms with van der Waals surface area (Å²) in [6.45, 7) is 0.480. The molecule has 4 rings (SSSR count). The molecule has 9 heteroatoms. The number of oxazole rings is 1. The van der Waals surface area contributed by atoms with Crippen LogP contribution < -0.4 is 5.14 Å². The normalized spacial score (nSPS) is 11.3. The summed E-state index contributed by atoms with van der Waals surface area (Å²) in [4.78, 5) is 21.7. The summed E-state index contributed by atoms with van der Waals surface area (Å²) in [7, 11) is -3.88. The lowest BCUT2D eigenvalue weighted by molar-refractivity contribution is -0.177. The quantitative estimate of drug-likeness (QED) is 0.274. The van der Waals surface area contributed by atoms with Gasteiger partial charge in [0.1, 0.15) is 12.3 Å². The van der Waals surface area contributed by atoms with E-state index in [0.717, 1.165) is 11.1 Å². The fourth-order valence-electron chi connectivity index (χ4n) is 3.36. The molecular weight excluding hydrogens is 454 g/mol. The standard InChI is InChI=1S/C25H23N3O5S/c26-34(30,31)22-13-7-12-21(16-22)25-24(20-10-5-2-6-11-20)27-23(33-25)14-15-28(18-29)32-17-19-8-3-1-4-9-19/h1-13,16,18H,14-15,17H2,(H2,26,30,31). The minimum absolute atomic E-state index is 0.0246. The summed E-state index contributed by atoms with van der Waals surface area (Å²) in [6.07, 6.45) is 0.905. The van der Waals surface area contributed by atoms with E-state index in [1.807, 2.05) is 60.7 Å². The van der Waals surface area contributed by atoms with Gasteiger partial charge in [0.2, 0.25) is 16.4 Å². The number of aromatic nitrogens is 1. The largest absolute Gasteiger partial charge is 0.440 e. The maximum absolute atomic E-state index is 11.8. The summed E-state index contributed by atoms with van der Waals surface area (Å²) >= 11 is 0. The van der Waals surface area contributed by atoms with Gasteiger partial charge in [0, 0.05) is 17.5 Å². The van der Waals surface area contributed by atoms with Crippen LogP contribution in [0, 0.1) is 0 Å². The predicted molar refractivity (Wildman–Crippen MR) is 126 cm³/mol. The van der Waals surface area contributed by atoms with Crippen molar-refractivity contribution < 1.29 is 22.5 Å². The van der Waals surface area contributed by atoms with Gasteiger partial charge in [-0.05, 0) is 17.7 Å². The molecule has 0 radical (unpaired) electrons. The van der Waals surface area contributed by atoms with E-state index < -0.39 is 10.0 Å². The molecule has 0 unspecified atom stereocenters. The predicted octanol–water partition coefficient (Wildman–Crippen LogP) is 3.79. The van der Waals surface area contributed by atoms with Crippen molar-refractivity contribution in [1.82, 2.24) is 10.0 Å². The van der Waals surface area contributed by atoms with Gasteiger partial charge in [-0.15, -0.1) is 0 Å².